The van der Waals surface area contributed by atoms with Gasteiger partial charge in [-0.25, -0.2) is 4.79 Å². The highest BCUT2D eigenvalue weighted by molar-refractivity contribution is 5.88. The van der Waals surface area contributed by atoms with Gasteiger partial charge in [0.25, 0.3) is 0 Å². The molecule has 6 heteroatoms. The number of nitrogens with one attached hydrogen (secondary N) is 1. The van der Waals surface area contributed by atoms with E-state index in [9.17, 15) is 4.79 Å². The van der Waals surface area contributed by atoms with Crippen molar-refractivity contribution in [2.75, 3.05) is 19.7 Å². The number of carbonyl (C=O) groups excluding carboxylic acids is 1. The molecule has 6 nitrogen and oxygen atoms in total. The van der Waals surface area contributed by atoms with Crippen molar-refractivity contribution in [3.63, 3.8) is 0 Å². The van der Waals surface area contributed by atoms with Crippen molar-refractivity contribution in [3.05, 3.63) is 24.5 Å². The number of hydrogen-bond donors (Lipinski definition) is 1. The van der Waals surface area contributed by atoms with Crippen LogP contribution in [0.1, 0.15) is 13.3 Å². The van der Waals surface area contributed by atoms with Crippen LogP contribution in [0, 0.1) is 0 Å². The first-order valence-corrected chi connectivity index (χ1v) is 5.63. The summed E-state index contributed by atoms with van der Waals surface area (Å²) in [5, 5.41) is 10.7. The molecule has 94 valence electrons. The highest BCUT2D eigenvalue weighted by Crippen LogP contribution is 1.93. The molecule has 1 rings (SSSR count). The number of esters is 1. The first kappa shape index (κ1) is 13.4. The van der Waals surface area contributed by atoms with Gasteiger partial charge in [-0.05, 0) is 19.9 Å². The SMILES string of the molecule is C=C(CNCCCn1ccnn1)C(=O)OCC. The molecule has 0 fully saturated rings. The fourth-order valence-corrected chi connectivity index (χ4v) is 1.26. The molecule has 0 radical (unpaired) electrons. The summed E-state index contributed by atoms with van der Waals surface area (Å²) in [7, 11) is 0. The second-order valence-corrected chi connectivity index (χ2v) is 3.52. The molecule has 0 aromatic carbocycles. The predicted octanol–water partition coefficient (Wildman–Crippen LogP) is 0.377. The van der Waals surface area contributed by atoms with E-state index >= 15 is 0 Å². The van der Waals surface area contributed by atoms with E-state index in [2.05, 4.69) is 22.2 Å². The number of ether oxygens (including phenoxy) is 1. The number of hydrogen-bond acceptors (Lipinski definition) is 5. The average Bonchev–Trinajstić information content (AvgIpc) is 2.81. The van der Waals surface area contributed by atoms with E-state index in [1.54, 1.807) is 17.8 Å². The fourth-order valence-electron chi connectivity index (χ4n) is 1.26. The van der Waals surface area contributed by atoms with Gasteiger partial charge in [-0.15, -0.1) is 5.10 Å². The van der Waals surface area contributed by atoms with Crippen molar-refractivity contribution in [2.45, 2.75) is 19.9 Å². The lowest BCUT2D eigenvalue weighted by Crippen LogP contribution is -2.23. The maximum Gasteiger partial charge on any atom is 0.334 e. The minimum atomic E-state index is -0.337. The van der Waals surface area contributed by atoms with E-state index < -0.39 is 0 Å². The Morgan fingerprint density at radius 1 is 1.59 bits per heavy atom. The molecule has 0 spiro atoms. The van der Waals surface area contributed by atoms with Gasteiger partial charge in [0.2, 0.25) is 0 Å². The highest BCUT2D eigenvalue weighted by atomic mass is 16.5. The first-order valence-electron chi connectivity index (χ1n) is 5.63. The number of rotatable bonds is 8. The Morgan fingerprint density at radius 2 is 2.41 bits per heavy atom. The average molecular weight is 238 g/mol. The number of carbonyl (C=O) groups is 1. The molecule has 0 aliphatic carbocycles. The molecule has 1 aromatic rings. The van der Waals surface area contributed by atoms with Crippen molar-refractivity contribution in [1.82, 2.24) is 20.3 Å². The number of aromatic nitrogens is 3. The third-order valence-electron chi connectivity index (χ3n) is 2.12. The van der Waals surface area contributed by atoms with Gasteiger partial charge >= 0.3 is 5.97 Å². The molecule has 0 bridgehead atoms. The fraction of sp³-hybridized carbons (Fsp3) is 0.545. The Bertz CT molecular complexity index is 348. The van der Waals surface area contributed by atoms with Gasteiger partial charge in [0.1, 0.15) is 0 Å². The third kappa shape index (κ3) is 5.26. The normalized spacial score (nSPS) is 10.2. The van der Waals surface area contributed by atoms with Crippen LogP contribution in [-0.4, -0.2) is 40.7 Å². The maximum atomic E-state index is 11.2. The van der Waals surface area contributed by atoms with Gasteiger partial charge in [-0.1, -0.05) is 11.8 Å². The van der Waals surface area contributed by atoms with Crippen LogP contribution in [0.15, 0.2) is 24.5 Å². The summed E-state index contributed by atoms with van der Waals surface area (Å²) in [5.74, 6) is -0.337. The van der Waals surface area contributed by atoms with E-state index in [1.807, 2.05) is 6.20 Å². The minimum absolute atomic E-state index is 0.337. The van der Waals surface area contributed by atoms with Gasteiger partial charge in [0, 0.05) is 24.9 Å². The molecule has 1 heterocycles. The predicted molar refractivity (Wildman–Crippen MR) is 63.3 cm³/mol. The summed E-state index contributed by atoms with van der Waals surface area (Å²) in [6.07, 6.45) is 4.38. The largest absolute Gasteiger partial charge is 0.463 e. The zero-order valence-electron chi connectivity index (χ0n) is 10.1. The number of nitrogens with zero attached hydrogens (tertiary/aromatic N) is 3. The van der Waals surface area contributed by atoms with Crippen molar-refractivity contribution in [1.29, 1.82) is 0 Å². The molecule has 0 unspecified atom stereocenters. The van der Waals surface area contributed by atoms with Crippen LogP contribution in [0.2, 0.25) is 0 Å². The second kappa shape index (κ2) is 7.56. The summed E-state index contributed by atoms with van der Waals surface area (Å²) < 4.78 is 6.58. The Labute approximate surface area is 101 Å². The second-order valence-electron chi connectivity index (χ2n) is 3.52. The summed E-state index contributed by atoms with van der Waals surface area (Å²) >= 11 is 0. The first-order chi connectivity index (χ1) is 8.24. The topological polar surface area (TPSA) is 69.0 Å². The lowest BCUT2D eigenvalue weighted by molar-refractivity contribution is -0.138. The lowest BCUT2D eigenvalue weighted by atomic mass is 10.3. The molecule has 17 heavy (non-hydrogen) atoms. The zero-order valence-corrected chi connectivity index (χ0v) is 10.1. The van der Waals surface area contributed by atoms with Gasteiger partial charge in [0.15, 0.2) is 0 Å². The standard InChI is InChI=1S/C11H18N4O2/c1-3-17-11(16)10(2)9-12-5-4-7-15-8-6-13-14-15/h6,8,12H,2-5,7,9H2,1H3. The van der Waals surface area contributed by atoms with E-state index in [0.29, 0.717) is 18.7 Å². The van der Waals surface area contributed by atoms with Gasteiger partial charge in [-0.2, -0.15) is 0 Å². The Hall–Kier alpha value is -1.69. The van der Waals surface area contributed by atoms with Crippen LogP contribution >= 0.6 is 0 Å². The van der Waals surface area contributed by atoms with E-state index in [-0.39, 0.29) is 5.97 Å². The summed E-state index contributed by atoms with van der Waals surface area (Å²) in [5.41, 5.74) is 0.451. The molecule has 0 aliphatic heterocycles. The van der Waals surface area contributed by atoms with Crippen LogP contribution in [0.3, 0.4) is 0 Å². The smallest absolute Gasteiger partial charge is 0.334 e. The van der Waals surface area contributed by atoms with Crippen LogP contribution in [0.25, 0.3) is 0 Å². The maximum absolute atomic E-state index is 11.2. The molecule has 1 N–H and O–H groups in total. The van der Waals surface area contributed by atoms with Gasteiger partial charge < -0.3 is 10.1 Å². The van der Waals surface area contributed by atoms with Crippen molar-refractivity contribution >= 4 is 5.97 Å². The van der Waals surface area contributed by atoms with Crippen LogP contribution in [-0.2, 0) is 16.1 Å². The lowest BCUT2D eigenvalue weighted by Gasteiger charge is -2.07. The van der Waals surface area contributed by atoms with Crippen molar-refractivity contribution < 1.29 is 9.53 Å². The molecule has 0 amide bonds. The van der Waals surface area contributed by atoms with Crippen molar-refractivity contribution in [3.8, 4) is 0 Å². The van der Waals surface area contributed by atoms with Crippen LogP contribution in [0.4, 0.5) is 0 Å². The molecule has 0 atom stereocenters. The summed E-state index contributed by atoms with van der Waals surface area (Å²) in [6, 6.07) is 0. The Balaban J connectivity index is 2.04. The summed E-state index contributed by atoms with van der Waals surface area (Å²) in [6.45, 7) is 7.86. The Morgan fingerprint density at radius 3 is 3.06 bits per heavy atom. The molecule has 0 aliphatic rings. The van der Waals surface area contributed by atoms with Crippen LogP contribution in [0.5, 0.6) is 0 Å². The highest BCUT2D eigenvalue weighted by Gasteiger charge is 2.06. The quantitative estimate of drug-likeness (QED) is 0.403. The van der Waals surface area contributed by atoms with Crippen LogP contribution < -0.4 is 5.32 Å². The third-order valence-corrected chi connectivity index (χ3v) is 2.12. The summed E-state index contributed by atoms with van der Waals surface area (Å²) in [4.78, 5) is 11.2. The van der Waals surface area contributed by atoms with Gasteiger partial charge in [-0.3, -0.25) is 4.68 Å². The molecular formula is C11H18N4O2. The number of aryl methyl sites for hydroxylation is 1. The van der Waals surface area contributed by atoms with E-state index in [1.165, 1.54) is 0 Å². The Kier molecular flexibility index (Phi) is 5.95. The van der Waals surface area contributed by atoms with Gasteiger partial charge in [0.05, 0.1) is 12.8 Å². The minimum Gasteiger partial charge on any atom is -0.463 e. The zero-order chi connectivity index (χ0) is 12.5. The molecule has 1 aromatic heterocycles. The molecular weight excluding hydrogens is 220 g/mol. The molecule has 0 saturated heterocycles. The monoisotopic (exact) mass is 238 g/mol. The van der Waals surface area contributed by atoms with Crippen molar-refractivity contribution in [2.24, 2.45) is 0 Å². The van der Waals surface area contributed by atoms with E-state index in [0.717, 1.165) is 19.5 Å². The van der Waals surface area contributed by atoms with E-state index in [4.69, 9.17) is 4.74 Å². The molecule has 0 saturated carbocycles.